The predicted octanol–water partition coefficient (Wildman–Crippen LogP) is 3.23. The fourth-order valence-corrected chi connectivity index (χ4v) is 3.54. The van der Waals surface area contributed by atoms with Gasteiger partial charge in [-0.3, -0.25) is 4.79 Å². The topological polar surface area (TPSA) is 76.0 Å². The second kappa shape index (κ2) is 6.30. The number of aryl methyl sites for hydroxylation is 1. The number of aromatic amines is 1. The van der Waals surface area contributed by atoms with Crippen LogP contribution in [0.5, 0.6) is 5.75 Å². The van der Waals surface area contributed by atoms with Gasteiger partial charge in [0.25, 0.3) is 5.91 Å². The highest BCUT2D eigenvalue weighted by Gasteiger charge is 2.25. The van der Waals surface area contributed by atoms with Crippen molar-refractivity contribution < 1.29 is 13.9 Å². The van der Waals surface area contributed by atoms with Crippen LogP contribution in [0.2, 0.25) is 5.02 Å². The summed E-state index contributed by atoms with van der Waals surface area (Å²) in [6.45, 7) is 0. The Bertz CT molecular complexity index is 998. The molecule has 25 heavy (non-hydrogen) atoms. The van der Waals surface area contributed by atoms with E-state index < -0.39 is 5.82 Å². The Morgan fingerprint density at radius 3 is 2.72 bits per heavy atom. The fourth-order valence-electron chi connectivity index (χ4n) is 2.56. The van der Waals surface area contributed by atoms with Crippen molar-refractivity contribution >= 4 is 44.3 Å². The van der Waals surface area contributed by atoms with E-state index in [0.29, 0.717) is 21.4 Å². The smallest absolute Gasteiger partial charge is 0.291 e. The molecular formula is C15H14BrClFN5O2. The molecule has 1 N–H and O–H groups in total. The molecular weight excluding hydrogens is 417 g/mol. The molecule has 0 aliphatic carbocycles. The van der Waals surface area contributed by atoms with Gasteiger partial charge < -0.3 is 19.2 Å². The second-order valence-electron chi connectivity index (χ2n) is 5.55. The summed E-state index contributed by atoms with van der Waals surface area (Å²) in [6, 6.07) is 1.64. The van der Waals surface area contributed by atoms with Crippen LogP contribution in [0.25, 0.3) is 22.4 Å². The zero-order valence-corrected chi connectivity index (χ0v) is 16.2. The van der Waals surface area contributed by atoms with Crippen LogP contribution in [-0.2, 0) is 7.05 Å². The Morgan fingerprint density at radius 1 is 1.44 bits per heavy atom. The summed E-state index contributed by atoms with van der Waals surface area (Å²) in [6.07, 6.45) is 0. The highest BCUT2D eigenvalue weighted by Crippen LogP contribution is 2.42. The number of nitrogens with zero attached hydrogens (tertiary/aromatic N) is 4. The molecule has 0 fully saturated rings. The largest absolute Gasteiger partial charge is 0.495 e. The van der Waals surface area contributed by atoms with Crippen molar-refractivity contribution in [2.24, 2.45) is 7.05 Å². The molecule has 0 spiro atoms. The van der Waals surface area contributed by atoms with Gasteiger partial charge in [-0.2, -0.15) is 0 Å². The molecule has 1 aromatic carbocycles. The van der Waals surface area contributed by atoms with Gasteiger partial charge in [0.1, 0.15) is 16.5 Å². The Morgan fingerprint density at radius 2 is 2.12 bits per heavy atom. The van der Waals surface area contributed by atoms with Crippen LogP contribution < -0.4 is 4.74 Å². The summed E-state index contributed by atoms with van der Waals surface area (Å²) in [5, 5.41) is 8.34. The zero-order valence-electron chi connectivity index (χ0n) is 13.8. The second-order valence-corrected chi connectivity index (χ2v) is 6.72. The fraction of sp³-hybridized carbons (Fsp3) is 0.267. The monoisotopic (exact) mass is 429 g/mol. The molecule has 3 aromatic rings. The van der Waals surface area contributed by atoms with Gasteiger partial charge in [0, 0.05) is 26.5 Å². The number of carbonyl (C=O) groups is 1. The number of hydrogen-bond acceptors (Lipinski definition) is 4. The van der Waals surface area contributed by atoms with Crippen molar-refractivity contribution in [2.75, 3.05) is 21.2 Å². The van der Waals surface area contributed by atoms with Crippen molar-refractivity contribution in [2.45, 2.75) is 0 Å². The first-order chi connectivity index (χ1) is 11.8. The lowest BCUT2D eigenvalue weighted by Crippen LogP contribution is -2.22. The van der Waals surface area contributed by atoms with Gasteiger partial charge in [-0.1, -0.05) is 11.6 Å². The van der Waals surface area contributed by atoms with Gasteiger partial charge in [0.2, 0.25) is 5.82 Å². The van der Waals surface area contributed by atoms with E-state index in [2.05, 4.69) is 31.1 Å². The van der Waals surface area contributed by atoms with Crippen molar-refractivity contribution in [3.63, 3.8) is 0 Å². The summed E-state index contributed by atoms with van der Waals surface area (Å²) in [4.78, 5) is 16.2. The Labute approximate surface area is 155 Å². The minimum absolute atomic E-state index is 0.0910. The highest BCUT2D eigenvalue weighted by molar-refractivity contribution is 9.10. The first-order valence-electron chi connectivity index (χ1n) is 7.12. The molecule has 7 nitrogen and oxygen atoms in total. The minimum Gasteiger partial charge on any atom is -0.495 e. The summed E-state index contributed by atoms with van der Waals surface area (Å²) in [5.74, 6) is -0.275. The molecule has 0 bridgehead atoms. The van der Waals surface area contributed by atoms with Crippen LogP contribution in [0.3, 0.4) is 0 Å². The number of amides is 1. The van der Waals surface area contributed by atoms with Gasteiger partial charge in [0.05, 0.1) is 17.1 Å². The van der Waals surface area contributed by atoms with E-state index in [4.69, 9.17) is 16.3 Å². The van der Waals surface area contributed by atoms with E-state index in [1.807, 2.05) is 0 Å². The number of ether oxygens (including phenoxy) is 1. The van der Waals surface area contributed by atoms with Crippen LogP contribution in [0.1, 0.15) is 10.6 Å². The van der Waals surface area contributed by atoms with Gasteiger partial charge in [0.15, 0.2) is 11.6 Å². The number of halogens is 3. The highest BCUT2D eigenvalue weighted by atomic mass is 79.9. The molecule has 0 unspecified atom stereocenters. The molecule has 0 aliphatic heterocycles. The average Bonchev–Trinajstić information content (AvgIpc) is 3.13. The molecule has 3 rings (SSSR count). The summed E-state index contributed by atoms with van der Waals surface area (Å²) >= 11 is 9.49. The van der Waals surface area contributed by atoms with Gasteiger partial charge >= 0.3 is 0 Å². The van der Waals surface area contributed by atoms with Gasteiger partial charge in [-0.25, -0.2) is 4.39 Å². The van der Waals surface area contributed by atoms with Crippen LogP contribution in [0.4, 0.5) is 4.39 Å². The predicted molar refractivity (Wildman–Crippen MR) is 95.5 cm³/mol. The summed E-state index contributed by atoms with van der Waals surface area (Å²) in [7, 11) is 6.31. The number of benzene rings is 1. The van der Waals surface area contributed by atoms with E-state index in [9.17, 15) is 9.18 Å². The molecule has 0 saturated carbocycles. The van der Waals surface area contributed by atoms with Crippen LogP contribution in [0.15, 0.2) is 10.5 Å². The van der Waals surface area contributed by atoms with Crippen molar-refractivity contribution in [1.29, 1.82) is 0 Å². The molecule has 0 radical (unpaired) electrons. The number of H-pyrrole nitrogens is 1. The van der Waals surface area contributed by atoms with E-state index >= 15 is 0 Å². The third-order valence-electron chi connectivity index (χ3n) is 3.80. The summed E-state index contributed by atoms with van der Waals surface area (Å²) < 4.78 is 22.0. The van der Waals surface area contributed by atoms with E-state index in [1.165, 1.54) is 12.0 Å². The number of rotatable bonds is 3. The van der Waals surface area contributed by atoms with E-state index in [0.717, 1.165) is 0 Å². The van der Waals surface area contributed by atoms with E-state index in [1.54, 1.807) is 31.8 Å². The van der Waals surface area contributed by atoms with Gasteiger partial charge in [-0.05, 0) is 22.0 Å². The van der Waals surface area contributed by atoms with Crippen molar-refractivity contribution in [1.82, 2.24) is 24.6 Å². The maximum atomic E-state index is 14.7. The number of aromatic nitrogens is 4. The molecule has 2 aromatic heterocycles. The van der Waals surface area contributed by atoms with Gasteiger partial charge in [-0.15, -0.1) is 10.2 Å². The number of nitrogens with one attached hydrogen (secondary N) is 1. The molecule has 10 heteroatoms. The Hall–Kier alpha value is -2.13. The quantitative estimate of drug-likeness (QED) is 0.692. The van der Waals surface area contributed by atoms with Crippen molar-refractivity contribution in [3.8, 4) is 17.3 Å². The molecule has 2 heterocycles. The third kappa shape index (κ3) is 2.67. The SMILES string of the molecule is COc1cc2c(Br)c(-c3nnc(C(=O)N(C)C)[nH]3)n(C)c2c(F)c1Cl. The van der Waals surface area contributed by atoms with Crippen LogP contribution in [0, 0.1) is 5.82 Å². The lowest BCUT2D eigenvalue weighted by atomic mass is 10.2. The Kier molecular flexibility index (Phi) is 4.46. The number of hydrogen-bond donors (Lipinski definition) is 1. The normalized spacial score (nSPS) is 11.2. The number of fused-ring (bicyclic) bond motifs is 1. The molecule has 0 atom stereocenters. The maximum absolute atomic E-state index is 14.7. The average molecular weight is 431 g/mol. The van der Waals surface area contributed by atoms with E-state index in [-0.39, 0.29) is 28.0 Å². The standard InChI is InChI=1S/C15H14BrClFN5O2/c1-22(2)15(24)14-19-13(20-21-14)12-8(16)6-5-7(25-4)9(17)10(18)11(6)23(12)3/h5H,1-4H3,(H,19,20,21). The molecule has 1 amide bonds. The van der Waals surface area contributed by atoms with Crippen LogP contribution >= 0.6 is 27.5 Å². The zero-order chi connectivity index (χ0) is 18.5. The third-order valence-corrected chi connectivity index (χ3v) is 4.96. The minimum atomic E-state index is -0.602. The Balaban J connectivity index is 2.25. The molecule has 0 saturated heterocycles. The maximum Gasteiger partial charge on any atom is 0.291 e. The number of carbonyl (C=O) groups excluding carboxylic acids is 1. The molecule has 0 aliphatic rings. The molecule has 132 valence electrons. The van der Waals surface area contributed by atoms with Crippen molar-refractivity contribution in [3.05, 3.63) is 27.2 Å². The van der Waals surface area contributed by atoms with Crippen LogP contribution in [-0.4, -0.2) is 51.8 Å². The lowest BCUT2D eigenvalue weighted by Gasteiger charge is -2.07. The first kappa shape index (κ1) is 17.7. The summed E-state index contributed by atoms with van der Waals surface area (Å²) in [5.41, 5.74) is 0.813. The lowest BCUT2D eigenvalue weighted by molar-refractivity contribution is 0.0816. The first-order valence-corrected chi connectivity index (χ1v) is 8.29. The number of methoxy groups -OCH3 is 1.